The zero-order chi connectivity index (χ0) is 42.8. The number of hydrogen-bond donors (Lipinski definition) is 0. The van der Waals surface area contributed by atoms with E-state index in [-0.39, 0.29) is 55.5 Å². The number of carboxylic acid groups (broad SMARTS) is 1. The van der Waals surface area contributed by atoms with Crippen LogP contribution >= 0.6 is 0 Å². The van der Waals surface area contributed by atoms with E-state index in [0.29, 0.717) is 6.42 Å². The summed E-state index contributed by atoms with van der Waals surface area (Å²) in [6, 6.07) is -0.746. The van der Waals surface area contributed by atoms with Crippen LogP contribution in [-0.2, 0) is 28.6 Å². The van der Waals surface area contributed by atoms with Crippen LogP contribution < -0.4 is 5.11 Å². The standard InChI is InChI=1S/C50H81NO7/c1-6-8-10-12-14-16-18-20-22-24-25-27-29-31-33-35-37-39-41-49(53)58-46(44-56-43-42-47(50(54)55)51(3,4)5)45-57-48(52)40-38-36-34-32-30-28-26-23-21-19-17-15-13-11-9-7-2/h9,11,15,17-18,20-25,27-28,30,34,36,46-47H,6-8,10,12-14,16,19,26,29,31-33,35,37-45H2,1-5H3/b11-9+,17-15+,20-18+,23-21+,24-22+,27-25+,30-28+,36-34+. The van der Waals surface area contributed by atoms with E-state index < -0.39 is 18.1 Å². The lowest BCUT2D eigenvalue weighted by atomic mass is 10.1. The van der Waals surface area contributed by atoms with Crippen LogP contribution in [0.15, 0.2) is 97.2 Å². The third-order valence-corrected chi connectivity index (χ3v) is 9.28. The van der Waals surface area contributed by atoms with Crippen molar-refractivity contribution in [3.8, 4) is 0 Å². The fourth-order valence-electron chi connectivity index (χ4n) is 5.83. The van der Waals surface area contributed by atoms with E-state index in [1.807, 2.05) is 12.2 Å². The number of likely N-dealkylation sites (N-methyl/N-ethyl adjacent to an activating group) is 1. The first kappa shape index (κ1) is 54.2. The van der Waals surface area contributed by atoms with Crippen LogP contribution in [0.3, 0.4) is 0 Å². The molecule has 0 aliphatic heterocycles. The van der Waals surface area contributed by atoms with Gasteiger partial charge >= 0.3 is 11.9 Å². The first-order valence-electron chi connectivity index (χ1n) is 22.3. The number of unbranched alkanes of at least 4 members (excludes halogenated alkanes) is 10. The van der Waals surface area contributed by atoms with Crippen LogP contribution in [0.25, 0.3) is 0 Å². The molecule has 8 nitrogen and oxygen atoms in total. The maximum Gasteiger partial charge on any atom is 0.306 e. The van der Waals surface area contributed by atoms with Gasteiger partial charge < -0.3 is 28.6 Å². The molecule has 8 heteroatoms. The van der Waals surface area contributed by atoms with Gasteiger partial charge in [-0.2, -0.15) is 0 Å². The van der Waals surface area contributed by atoms with Crippen molar-refractivity contribution in [2.24, 2.45) is 0 Å². The fraction of sp³-hybridized carbons (Fsp3) is 0.620. The van der Waals surface area contributed by atoms with E-state index in [1.54, 1.807) is 21.1 Å². The second kappa shape index (κ2) is 40.0. The van der Waals surface area contributed by atoms with Gasteiger partial charge in [0.2, 0.25) is 0 Å². The van der Waals surface area contributed by atoms with Gasteiger partial charge in [0.05, 0.1) is 40.3 Å². The minimum atomic E-state index is -1.14. The smallest absolute Gasteiger partial charge is 0.306 e. The third kappa shape index (κ3) is 37.8. The SMILES string of the molecule is CC/C=C/C/C=C/C/C=C/C/C=C/C/C=C/CCC(=O)OCC(COCCC(C(=O)[O-])[N+](C)(C)C)OC(=O)CCCCCCC/C=C/C=C/C=C/CCCCCCC. The number of carbonyl (C=O) groups is 3. The molecule has 0 amide bonds. The number of nitrogens with zero attached hydrogens (tertiary/aromatic N) is 1. The molecule has 0 aromatic rings. The predicted octanol–water partition coefficient (Wildman–Crippen LogP) is 11.0. The highest BCUT2D eigenvalue weighted by molar-refractivity contribution is 5.70. The van der Waals surface area contributed by atoms with Crippen LogP contribution in [0.1, 0.15) is 149 Å². The molecular weight excluding hydrogens is 727 g/mol. The Hall–Kier alpha value is -3.75. The molecule has 2 unspecified atom stereocenters. The number of aliphatic carboxylic acids is 1. The van der Waals surface area contributed by atoms with Gasteiger partial charge in [0.15, 0.2) is 6.10 Å². The van der Waals surface area contributed by atoms with Crippen LogP contribution in [-0.4, -0.2) is 75.5 Å². The van der Waals surface area contributed by atoms with E-state index in [2.05, 4.69) is 98.9 Å². The Balaban J connectivity index is 4.52. The van der Waals surface area contributed by atoms with Crippen molar-refractivity contribution in [1.82, 2.24) is 0 Å². The van der Waals surface area contributed by atoms with Gasteiger partial charge in [0, 0.05) is 19.3 Å². The minimum absolute atomic E-state index is 0.00280. The highest BCUT2D eigenvalue weighted by Gasteiger charge is 2.25. The average molecular weight is 808 g/mol. The molecule has 0 aromatic carbocycles. The van der Waals surface area contributed by atoms with Gasteiger partial charge in [-0.05, 0) is 70.6 Å². The van der Waals surface area contributed by atoms with Gasteiger partial charge in [-0.3, -0.25) is 9.59 Å². The highest BCUT2D eigenvalue weighted by atomic mass is 16.6. The minimum Gasteiger partial charge on any atom is -0.544 e. The zero-order valence-electron chi connectivity index (χ0n) is 37.2. The molecule has 0 spiro atoms. The first-order chi connectivity index (χ1) is 28.1. The predicted molar refractivity (Wildman–Crippen MR) is 240 cm³/mol. The lowest BCUT2D eigenvalue weighted by molar-refractivity contribution is -0.889. The molecule has 0 aliphatic carbocycles. The number of allylic oxidation sites excluding steroid dienone is 16. The molecular formula is C50H81NO7. The van der Waals surface area contributed by atoms with Gasteiger partial charge in [-0.1, -0.05) is 156 Å². The van der Waals surface area contributed by atoms with Crippen molar-refractivity contribution in [1.29, 1.82) is 0 Å². The quantitative estimate of drug-likeness (QED) is 0.0201. The Kier molecular flexibility index (Phi) is 37.5. The molecule has 0 N–H and O–H groups in total. The fourth-order valence-corrected chi connectivity index (χ4v) is 5.83. The lowest BCUT2D eigenvalue weighted by Gasteiger charge is -2.34. The maximum absolute atomic E-state index is 12.7. The summed E-state index contributed by atoms with van der Waals surface area (Å²) in [5, 5.41) is 11.6. The van der Waals surface area contributed by atoms with Crippen molar-refractivity contribution >= 4 is 17.9 Å². The Morgan fingerprint density at radius 2 is 1.07 bits per heavy atom. The summed E-state index contributed by atoms with van der Waals surface area (Å²) in [5.41, 5.74) is 0. The van der Waals surface area contributed by atoms with E-state index >= 15 is 0 Å². The number of ether oxygens (including phenoxy) is 3. The molecule has 0 fully saturated rings. The molecule has 0 saturated heterocycles. The largest absolute Gasteiger partial charge is 0.544 e. The second-order valence-electron chi connectivity index (χ2n) is 15.6. The number of esters is 2. The van der Waals surface area contributed by atoms with E-state index in [0.717, 1.165) is 77.0 Å². The zero-order valence-corrected chi connectivity index (χ0v) is 37.2. The molecule has 0 saturated carbocycles. The summed E-state index contributed by atoms with van der Waals surface area (Å²) in [7, 11) is 5.37. The monoisotopic (exact) mass is 808 g/mol. The topological polar surface area (TPSA) is 102 Å². The summed E-state index contributed by atoms with van der Waals surface area (Å²) < 4.78 is 17.1. The van der Waals surface area contributed by atoms with Crippen molar-refractivity contribution in [2.75, 3.05) is 41.0 Å². The van der Waals surface area contributed by atoms with E-state index in [9.17, 15) is 19.5 Å². The molecule has 0 rings (SSSR count). The molecule has 2 atom stereocenters. The van der Waals surface area contributed by atoms with Gasteiger partial charge in [-0.25, -0.2) is 0 Å². The molecule has 0 radical (unpaired) electrons. The van der Waals surface area contributed by atoms with Crippen molar-refractivity contribution in [3.05, 3.63) is 97.2 Å². The Morgan fingerprint density at radius 3 is 1.60 bits per heavy atom. The van der Waals surface area contributed by atoms with Crippen molar-refractivity contribution < 1.29 is 38.2 Å². The van der Waals surface area contributed by atoms with Gasteiger partial charge in [0.25, 0.3) is 0 Å². The van der Waals surface area contributed by atoms with Crippen molar-refractivity contribution in [2.45, 2.75) is 161 Å². The molecule has 58 heavy (non-hydrogen) atoms. The van der Waals surface area contributed by atoms with Crippen LogP contribution in [0.2, 0.25) is 0 Å². The van der Waals surface area contributed by atoms with Gasteiger partial charge in [0.1, 0.15) is 12.6 Å². The van der Waals surface area contributed by atoms with Crippen LogP contribution in [0.4, 0.5) is 0 Å². The second-order valence-corrected chi connectivity index (χ2v) is 15.6. The number of carbonyl (C=O) groups excluding carboxylic acids is 3. The molecule has 0 aromatic heterocycles. The van der Waals surface area contributed by atoms with Crippen LogP contribution in [0, 0.1) is 0 Å². The summed E-state index contributed by atoms with van der Waals surface area (Å²) in [5.74, 6) is -1.88. The summed E-state index contributed by atoms with van der Waals surface area (Å²) >= 11 is 0. The Morgan fingerprint density at radius 1 is 0.552 bits per heavy atom. The Bertz CT molecular complexity index is 1260. The average Bonchev–Trinajstić information content (AvgIpc) is 3.18. The number of carboxylic acids is 1. The summed E-state index contributed by atoms with van der Waals surface area (Å²) in [4.78, 5) is 36.8. The molecule has 0 bridgehead atoms. The van der Waals surface area contributed by atoms with Crippen molar-refractivity contribution in [3.63, 3.8) is 0 Å². The third-order valence-electron chi connectivity index (χ3n) is 9.28. The number of rotatable bonds is 38. The Labute approximate surface area is 354 Å². The first-order valence-corrected chi connectivity index (χ1v) is 22.3. The maximum atomic E-state index is 12.7. The number of quaternary nitrogens is 1. The van der Waals surface area contributed by atoms with E-state index in [1.165, 1.54) is 32.1 Å². The van der Waals surface area contributed by atoms with E-state index in [4.69, 9.17) is 14.2 Å². The summed E-state index contributed by atoms with van der Waals surface area (Å²) in [6.45, 7) is 4.41. The van der Waals surface area contributed by atoms with Gasteiger partial charge in [-0.15, -0.1) is 0 Å². The number of hydrogen-bond acceptors (Lipinski definition) is 7. The molecule has 0 aliphatic rings. The van der Waals surface area contributed by atoms with Crippen LogP contribution in [0.5, 0.6) is 0 Å². The normalized spacial score (nSPS) is 13.9. The lowest BCUT2D eigenvalue weighted by Crippen LogP contribution is -2.55. The summed E-state index contributed by atoms with van der Waals surface area (Å²) in [6.07, 6.45) is 53.0. The molecule has 0 heterocycles. The molecule has 328 valence electrons. The highest BCUT2D eigenvalue weighted by Crippen LogP contribution is 2.12.